The quantitative estimate of drug-likeness (QED) is 0.157. The molecule has 1 aliphatic heterocycles. The van der Waals surface area contributed by atoms with Crippen molar-refractivity contribution < 1.29 is 32.6 Å². The van der Waals surface area contributed by atoms with Crippen molar-refractivity contribution in [1.82, 2.24) is 9.88 Å². The van der Waals surface area contributed by atoms with E-state index in [1.165, 1.54) is 18.3 Å². The van der Waals surface area contributed by atoms with Crippen LogP contribution in [-0.2, 0) is 28.9 Å². The zero-order valence-corrected chi connectivity index (χ0v) is 21.9. The molecule has 4 aromatic rings. The summed E-state index contributed by atoms with van der Waals surface area (Å²) in [6.07, 6.45) is -3.10. The second-order valence-electron chi connectivity index (χ2n) is 9.63. The number of pyridine rings is 1. The Morgan fingerprint density at radius 3 is 2.34 bits per heavy atom. The van der Waals surface area contributed by atoms with Gasteiger partial charge < -0.3 is 14.7 Å². The van der Waals surface area contributed by atoms with E-state index in [1.807, 2.05) is 30.3 Å². The van der Waals surface area contributed by atoms with Crippen LogP contribution in [0.1, 0.15) is 39.6 Å². The molecule has 1 N–H and O–H groups in total. The number of aliphatic hydroxyl groups excluding tert-OH is 1. The molecular formula is C32H25F3N2O4. The number of aromatic nitrogens is 1. The van der Waals surface area contributed by atoms with E-state index in [9.17, 15) is 27.9 Å². The molecule has 1 atom stereocenters. The Balaban J connectivity index is 1.50. The van der Waals surface area contributed by atoms with Crippen molar-refractivity contribution in [3.8, 4) is 5.75 Å². The second kappa shape index (κ2) is 11.3. The Bertz CT molecular complexity index is 1620. The fraction of sp³-hybridized carbons (Fsp3) is 0.156. The van der Waals surface area contributed by atoms with E-state index in [4.69, 9.17) is 4.74 Å². The number of nitrogens with zero attached hydrogens (tertiary/aromatic N) is 2. The van der Waals surface area contributed by atoms with Crippen LogP contribution in [0.3, 0.4) is 0 Å². The number of rotatable bonds is 7. The molecule has 1 fully saturated rings. The topological polar surface area (TPSA) is 79.7 Å². The lowest BCUT2D eigenvalue weighted by Gasteiger charge is -2.25. The third kappa shape index (κ3) is 5.84. The number of aliphatic hydroxyl groups is 1. The van der Waals surface area contributed by atoms with E-state index in [1.54, 1.807) is 43.3 Å². The molecule has 9 heteroatoms. The highest BCUT2D eigenvalue weighted by Crippen LogP contribution is 2.40. The van der Waals surface area contributed by atoms with Gasteiger partial charge in [-0.3, -0.25) is 14.6 Å². The predicted molar refractivity (Wildman–Crippen MR) is 145 cm³/mol. The van der Waals surface area contributed by atoms with Gasteiger partial charge in [-0.25, -0.2) is 0 Å². The van der Waals surface area contributed by atoms with Gasteiger partial charge in [0.05, 0.1) is 16.8 Å². The molecule has 1 amide bonds. The number of carbonyl (C=O) groups is 2. The number of aryl methyl sites for hydroxylation is 1. The van der Waals surface area contributed by atoms with Gasteiger partial charge in [-0.15, -0.1) is 0 Å². The first-order valence-corrected chi connectivity index (χ1v) is 12.8. The SMILES string of the molecule is Cc1cc(/C(O)=C2\C(=O)C(=O)N(Cc3cccc(C(F)(F)F)c3)C2c2ccccn2)ccc1OCc1ccccc1. The molecule has 6 nitrogen and oxygen atoms in total. The van der Waals surface area contributed by atoms with Crippen LogP contribution in [0, 0.1) is 6.92 Å². The summed E-state index contributed by atoms with van der Waals surface area (Å²) >= 11 is 0. The maximum atomic E-state index is 13.3. The number of likely N-dealkylation sites (tertiary alicyclic amines) is 1. The minimum Gasteiger partial charge on any atom is -0.507 e. The fourth-order valence-electron chi connectivity index (χ4n) is 4.78. The summed E-state index contributed by atoms with van der Waals surface area (Å²) < 4.78 is 45.9. The predicted octanol–water partition coefficient (Wildman–Crippen LogP) is 6.61. The van der Waals surface area contributed by atoms with Gasteiger partial charge in [0.25, 0.3) is 11.7 Å². The molecule has 0 aliphatic carbocycles. The van der Waals surface area contributed by atoms with Gasteiger partial charge in [-0.1, -0.05) is 48.5 Å². The molecule has 2 heterocycles. The molecule has 3 aromatic carbocycles. The smallest absolute Gasteiger partial charge is 0.416 e. The Morgan fingerprint density at radius 1 is 0.927 bits per heavy atom. The van der Waals surface area contributed by atoms with E-state index in [2.05, 4.69) is 4.98 Å². The van der Waals surface area contributed by atoms with Crippen molar-refractivity contribution >= 4 is 17.4 Å². The summed E-state index contributed by atoms with van der Waals surface area (Å²) in [5, 5.41) is 11.4. The monoisotopic (exact) mass is 558 g/mol. The van der Waals surface area contributed by atoms with Gasteiger partial charge >= 0.3 is 6.18 Å². The summed E-state index contributed by atoms with van der Waals surface area (Å²) in [4.78, 5) is 32.0. The summed E-state index contributed by atoms with van der Waals surface area (Å²) in [6.45, 7) is 1.84. The van der Waals surface area contributed by atoms with Crippen LogP contribution in [-0.4, -0.2) is 26.7 Å². The minimum absolute atomic E-state index is 0.179. The number of ether oxygens (including phenoxy) is 1. The molecule has 5 rings (SSSR count). The number of ketones is 1. The van der Waals surface area contributed by atoms with Crippen LogP contribution in [0.2, 0.25) is 0 Å². The summed E-state index contributed by atoms with van der Waals surface area (Å²) in [6, 6.07) is 22.9. The maximum absolute atomic E-state index is 13.3. The third-order valence-corrected chi connectivity index (χ3v) is 6.80. The van der Waals surface area contributed by atoms with Gasteiger partial charge in [-0.2, -0.15) is 13.2 Å². The number of hydrogen-bond donors (Lipinski definition) is 1. The first-order valence-electron chi connectivity index (χ1n) is 12.8. The minimum atomic E-state index is -4.57. The standard InChI is InChI=1S/C32H25F3N2O4/c1-20-16-23(13-14-26(20)41-19-21-8-3-2-4-9-21)29(38)27-28(25-12-5-6-15-36-25)37(31(40)30(27)39)18-22-10-7-11-24(17-22)32(33,34)35/h2-17,28,38H,18-19H2,1H3/b29-27+. The lowest BCUT2D eigenvalue weighted by Crippen LogP contribution is -2.29. The number of amides is 1. The third-order valence-electron chi connectivity index (χ3n) is 6.80. The van der Waals surface area contributed by atoms with Crippen LogP contribution in [0.5, 0.6) is 5.75 Å². The Labute approximate surface area is 234 Å². The maximum Gasteiger partial charge on any atom is 0.416 e. The lowest BCUT2D eigenvalue weighted by atomic mass is 9.97. The summed E-state index contributed by atoms with van der Waals surface area (Å²) in [5.74, 6) is -1.73. The van der Waals surface area contributed by atoms with Crippen LogP contribution in [0.25, 0.3) is 5.76 Å². The number of hydrogen-bond acceptors (Lipinski definition) is 5. The second-order valence-corrected chi connectivity index (χ2v) is 9.63. The van der Waals surface area contributed by atoms with E-state index in [0.29, 0.717) is 23.6 Å². The molecule has 1 saturated heterocycles. The summed E-state index contributed by atoms with van der Waals surface area (Å²) in [5.41, 5.74) is 1.36. The van der Waals surface area contributed by atoms with Gasteiger partial charge in [0.15, 0.2) is 0 Å². The van der Waals surface area contributed by atoms with Crippen molar-refractivity contribution in [1.29, 1.82) is 0 Å². The van der Waals surface area contributed by atoms with Crippen LogP contribution in [0.4, 0.5) is 13.2 Å². The largest absolute Gasteiger partial charge is 0.507 e. The van der Waals surface area contributed by atoms with E-state index in [0.717, 1.165) is 22.6 Å². The van der Waals surface area contributed by atoms with E-state index in [-0.39, 0.29) is 23.2 Å². The summed E-state index contributed by atoms with van der Waals surface area (Å²) in [7, 11) is 0. The lowest BCUT2D eigenvalue weighted by molar-refractivity contribution is -0.140. The van der Waals surface area contributed by atoms with Gasteiger partial charge in [0.1, 0.15) is 24.2 Å². The fourth-order valence-corrected chi connectivity index (χ4v) is 4.78. The zero-order valence-electron chi connectivity index (χ0n) is 21.9. The first kappa shape index (κ1) is 27.6. The van der Waals surface area contributed by atoms with Crippen molar-refractivity contribution in [3.63, 3.8) is 0 Å². The average molecular weight is 559 g/mol. The molecule has 208 valence electrons. The number of alkyl halides is 3. The number of halogens is 3. The van der Waals surface area contributed by atoms with Crippen molar-refractivity contribution in [2.45, 2.75) is 32.3 Å². The highest BCUT2D eigenvalue weighted by atomic mass is 19.4. The van der Waals surface area contributed by atoms with Gasteiger partial charge in [0.2, 0.25) is 0 Å². The average Bonchev–Trinajstić information content (AvgIpc) is 3.21. The molecule has 0 saturated carbocycles. The number of benzene rings is 3. The first-order chi connectivity index (χ1) is 19.6. The molecular weight excluding hydrogens is 533 g/mol. The Kier molecular flexibility index (Phi) is 7.61. The Morgan fingerprint density at radius 2 is 1.66 bits per heavy atom. The van der Waals surface area contributed by atoms with Crippen LogP contribution >= 0.6 is 0 Å². The zero-order chi connectivity index (χ0) is 29.1. The highest BCUT2D eigenvalue weighted by Gasteiger charge is 2.47. The molecule has 0 spiro atoms. The van der Waals surface area contributed by atoms with Crippen molar-refractivity contribution in [2.24, 2.45) is 0 Å². The normalized spacial score (nSPS) is 16.7. The van der Waals surface area contributed by atoms with E-state index < -0.39 is 35.2 Å². The van der Waals surface area contributed by atoms with Gasteiger partial charge in [-0.05, 0) is 66.1 Å². The number of carbonyl (C=O) groups excluding carboxylic acids is 2. The molecule has 1 unspecified atom stereocenters. The van der Waals surface area contributed by atoms with Crippen LogP contribution < -0.4 is 4.74 Å². The van der Waals surface area contributed by atoms with Crippen molar-refractivity contribution in [3.05, 3.63) is 136 Å². The molecule has 0 bridgehead atoms. The molecule has 1 aromatic heterocycles. The van der Waals surface area contributed by atoms with Crippen LogP contribution in [0.15, 0.2) is 103 Å². The Hall–Kier alpha value is -4.92. The molecule has 0 radical (unpaired) electrons. The molecule has 41 heavy (non-hydrogen) atoms. The highest BCUT2D eigenvalue weighted by molar-refractivity contribution is 6.46. The molecule has 1 aliphatic rings. The number of Topliss-reactive ketones (excluding diaryl/α,β-unsaturated/α-hetero) is 1. The van der Waals surface area contributed by atoms with E-state index >= 15 is 0 Å². The van der Waals surface area contributed by atoms with Crippen molar-refractivity contribution in [2.75, 3.05) is 0 Å². The van der Waals surface area contributed by atoms with Gasteiger partial charge in [0, 0.05) is 18.3 Å².